The van der Waals surface area contributed by atoms with Crippen molar-refractivity contribution >= 4 is 11.6 Å². The third kappa shape index (κ3) is 5.04. The maximum Gasteiger partial charge on any atom is 0.241 e. The lowest BCUT2D eigenvalue weighted by atomic mass is 9.97. The summed E-state index contributed by atoms with van der Waals surface area (Å²) >= 11 is 0. The average Bonchev–Trinajstić information content (AvgIpc) is 2.65. The number of nitrogens with zero attached hydrogens (tertiary/aromatic N) is 1. The van der Waals surface area contributed by atoms with Gasteiger partial charge < -0.3 is 10.1 Å². The number of likely N-dealkylation sites (tertiary alicyclic amines) is 1. The highest BCUT2D eigenvalue weighted by Gasteiger charge is 2.28. The highest BCUT2D eigenvalue weighted by Crippen LogP contribution is 2.25. The molecule has 1 saturated heterocycles. The first-order valence-corrected chi connectivity index (χ1v) is 9.99. The van der Waals surface area contributed by atoms with Crippen LogP contribution in [0.3, 0.4) is 0 Å². The molecule has 3 rings (SSSR count). The predicted molar refractivity (Wildman–Crippen MR) is 102 cm³/mol. The maximum absolute atomic E-state index is 13.6. The topological polar surface area (TPSA) is 41.6 Å². The van der Waals surface area contributed by atoms with Crippen LogP contribution in [0.15, 0.2) is 18.2 Å². The molecule has 1 aliphatic carbocycles. The Morgan fingerprint density at radius 3 is 2.46 bits per heavy atom. The van der Waals surface area contributed by atoms with E-state index in [9.17, 15) is 9.18 Å². The Morgan fingerprint density at radius 1 is 1.15 bits per heavy atom. The molecule has 1 aromatic carbocycles. The van der Waals surface area contributed by atoms with Crippen molar-refractivity contribution in [1.29, 1.82) is 0 Å². The lowest BCUT2D eigenvalue weighted by Gasteiger charge is -2.37. The van der Waals surface area contributed by atoms with E-state index in [-0.39, 0.29) is 17.8 Å². The smallest absolute Gasteiger partial charge is 0.241 e. The molecule has 1 atom stereocenters. The second-order valence-corrected chi connectivity index (χ2v) is 7.76. The van der Waals surface area contributed by atoms with Crippen molar-refractivity contribution in [2.45, 2.75) is 77.0 Å². The van der Waals surface area contributed by atoms with Crippen molar-refractivity contribution in [3.05, 3.63) is 29.6 Å². The van der Waals surface area contributed by atoms with E-state index >= 15 is 0 Å². The summed E-state index contributed by atoms with van der Waals surface area (Å²) in [5.74, 6) is -0.379. The van der Waals surface area contributed by atoms with Gasteiger partial charge in [0.05, 0.1) is 18.2 Å². The van der Waals surface area contributed by atoms with Crippen LogP contribution < -0.4 is 5.32 Å². The number of carbonyl (C=O) groups is 1. The van der Waals surface area contributed by atoms with Crippen LogP contribution in [0, 0.1) is 12.7 Å². The Bertz CT molecular complexity index is 608. The average molecular weight is 362 g/mol. The molecule has 26 heavy (non-hydrogen) atoms. The van der Waals surface area contributed by atoms with Crippen LogP contribution in [0.25, 0.3) is 0 Å². The van der Waals surface area contributed by atoms with Crippen LogP contribution in [-0.4, -0.2) is 42.1 Å². The van der Waals surface area contributed by atoms with Gasteiger partial charge >= 0.3 is 0 Å². The van der Waals surface area contributed by atoms with Crippen molar-refractivity contribution in [2.24, 2.45) is 0 Å². The molecule has 1 N–H and O–H groups in total. The quantitative estimate of drug-likeness (QED) is 0.850. The minimum atomic E-state index is -0.295. The van der Waals surface area contributed by atoms with Gasteiger partial charge in [0, 0.05) is 18.8 Å². The molecule has 2 fully saturated rings. The molecule has 0 radical (unpaired) electrons. The number of piperidine rings is 1. The lowest BCUT2D eigenvalue weighted by Crippen LogP contribution is -2.47. The zero-order valence-corrected chi connectivity index (χ0v) is 16.0. The summed E-state index contributed by atoms with van der Waals surface area (Å²) in [5, 5.41) is 2.83. The van der Waals surface area contributed by atoms with E-state index in [1.165, 1.54) is 38.2 Å². The van der Waals surface area contributed by atoms with E-state index < -0.39 is 0 Å². The summed E-state index contributed by atoms with van der Waals surface area (Å²) in [6.07, 6.45) is 9.06. The number of hydrogen-bond acceptors (Lipinski definition) is 3. The summed E-state index contributed by atoms with van der Waals surface area (Å²) in [4.78, 5) is 14.7. The number of halogens is 1. The maximum atomic E-state index is 13.6. The second-order valence-electron chi connectivity index (χ2n) is 7.76. The molecule has 1 amide bonds. The van der Waals surface area contributed by atoms with Crippen molar-refractivity contribution < 1.29 is 13.9 Å². The van der Waals surface area contributed by atoms with Crippen molar-refractivity contribution in [3.63, 3.8) is 0 Å². The molecule has 4 nitrogen and oxygen atoms in total. The lowest BCUT2D eigenvalue weighted by molar-refractivity contribution is -0.122. The van der Waals surface area contributed by atoms with E-state index in [0.29, 0.717) is 23.5 Å². The first-order valence-electron chi connectivity index (χ1n) is 9.99. The first kappa shape index (κ1) is 19.3. The van der Waals surface area contributed by atoms with Crippen molar-refractivity contribution in [2.75, 3.05) is 18.4 Å². The molecule has 0 bridgehead atoms. The normalized spacial score (nSPS) is 21.5. The van der Waals surface area contributed by atoms with Gasteiger partial charge in [-0.1, -0.05) is 25.3 Å². The van der Waals surface area contributed by atoms with Crippen LogP contribution in [0.5, 0.6) is 0 Å². The van der Waals surface area contributed by atoms with Gasteiger partial charge in [-0.25, -0.2) is 4.39 Å². The number of benzene rings is 1. The van der Waals surface area contributed by atoms with Gasteiger partial charge in [0.15, 0.2) is 0 Å². The molecule has 5 heteroatoms. The fourth-order valence-corrected chi connectivity index (χ4v) is 3.96. The van der Waals surface area contributed by atoms with E-state index in [2.05, 4.69) is 10.2 Å². The molecule has 1 saturated carbocycles. The molecule has 1 aliphatic heterocycles. The van der Waals surface area contributed by atoms with Gasteiger partial charge in [-0.05, 0) is 57.2 Å². The van der Waals surface area contributed by atoms with Crippen molar-refractivity contribution in [1.82, 2.24) is 4.90 Å². The second kappa shape index (κ2) is 8.96. The number of ether oxygens (including phenoxy) is 1. The Hall–Kier alpha value is -1.46. The Labute approximate surface area is 156 Å². The van der Waals surface area contributed by atoms with Gasteiger partial charge in [-0.3, -0.25) is 9.69 Å². The largest absolute Gasteiger partial charge is 0.375 e. The fraction of sp³-hybridized carbons (Fsp3) is 0.667. The molecule has 1 aromatic rings. The van der Waals surface area contributed by atoms with Gasteiger partial charge in [0.1, 0.15) is 5.82 Å². The summed E-state index contributed by atoms with van der Waals surface area (Å²) in [6, 6.07) is 4.58. The highest BCUT2D eigenvalue weighted by molar-refractivity contribution is 5.94. The summed E-state index contributed by atoms with van der Waals surface area (Å²) in [6.45, 7) is 5.37. The number of anilines is 1. The number of amides is 1. The molecule has 0 aromatic heterocycles. The predicted octanol–water partition coefficient (Wildman–Crippen LogP) is 4.27. The van der Waals surface area contributed by atoms with Crippen LogP contribution >= 0.6 is 0 Å². The van der Waals surface area contributed by atoms with Crippen molar-refractivity contribution in [3.8, 4) is 0 Å². The molecular formula is C21H31FN2O2. The van der Waals surface area contributed by atoms with E-state index in [1.807, 2.05) is 6.92 Å². The summed E-state index contributed by atoms with van der Waals surface area (Å²) in [5.41, 5.74) is 1.09. The zero-order valence-electron chi connectivity index (χ0n) is 16.0. The molecule has 1 unspecified atom stereocenters. The minimum absolute atomic E-state index is 0.0834. The van der Waals surface area contributed by atoms with Gasteiger partial charge in [-0.15, -0.1) is 0 Å². The highest BCUT2D eigenvalue weighted by atomic mass is 19.1. The van der Waals surface area contributed by atoms with Crippen LogP contribution in [-0.2, 0) is 9.53 Å². The van der Waals surface area contributed by atoms with Crippen LogP contribution in [0.4, 0.5) is 10.1 Å². The van der Waals surface area contributed by atoms with Crippen LogP contribution in [0.2, 0.25) is 0 Å². The van der Waals surface area contributed by atoms with Crippen LogP contribution in [0.1, 0.15) is 57.4 Å². The molecule has 2 aliphatic rings. The third-order valence-corrected chi connectivity index (χ3v) is 5.78. The monoisotopic (exact) mass is 362 g/mol. The van der Waals surface area contributed by atoms with Gasteiger partial charge in [-0.2, -0.15) is 0 Å². The fourth-order valence-electron chi connectivity index (χ4n) is 3.96. The Kier molecular flexibility index (Phi) is 6.65. The summed E-state index contributed by atoms with van der Waals surface area (Å²) < 4.78 is 19.9. The minimum Gasteiger partial charge on any atom is -0.375 e. The number of carbonyl (C=O) groups excluding carboxylic acids is 1. The number of hydrogen-bond donors (Lipinski definition) is 1. The van der Waals surface area contributed by atoms with Gasteiger partial charge in [0.2, 0.25) is 5.91 Å². The number of rotatable bonds is 5. The third-order valence-electron chi connectivity index (χ3n) is 5.78. The van der Waals surface area contributed by atoms with E-state index in [4.69, 9.17) is 4.74 Å². The first-order chi connectivity index (χ1) is 12.5. The molecular weight excluding hydrogens is 331 g/mol. The number of nitrogens with one attached hydrogen (secondary N) is 1. The molecule has 144 valence electrons. The Balaban J connectivity index is 1.45. The molecule has 0 spiro atoms. The van der Waals surface area contributed by atoms with E-state index in [1.54, 1.807) is 19.1 Å². The Morgan fingerprint density at radius 2 is 1.81 bits per heavy atom. The standard InChI is InChI=1S/C21H31FN2O2/c1-15-8-9-17(14-20(15)22)23-21(25)16(2)24-12-10-19(11-13-24)26-18-6-4-3-5-7-18/h8-9,14,16,18-19H,3-7,10-13H2,1-2H3,(H,23,25). The number of aryl methyl sites for hydroxylation is 1. The van der Waals surface area contributed by atoms with Gasteiger partial charge in [0.25, 0.3) is 0 Å². The SMILES string of the molecule is Cc1ccc(NC(=O)C(C)N2CCC(OC3CCCCC3)CC2)cc1F. The molecule has 1 heterocycles. The zero-order chi connectivity index (χ0) is 18.5. The van der Waals surface area contributed by atoms with E-state index in [0.717, 1.165) is 25.9 Å². The summed E-state index contributed by atoms with van der Waals surface area (Å²) in [7, 11) is 0.